The largest absolute Gasteiger partial charge is 0.256 e. The van der Waals surface area contributed by atoms with E-state index in [0.717, 1.165) is 40.3 Å². The predicted octanol–water partition coefficient (Wildman–Crippen LogP) is 5.14. The normalized spacial score (nSPS) is 16.1. The van der Waals surface area contributed by atoms with Gasteiger partial charge in [0.15, 0.2) is 0 Å². The van der Waals surface area contributed by atoms with Crippen molar-refractivity contribution in [3.63, 3.8) is 0 Å². The van der Waals surface area contributed by atoms with E-state index in [1.807, 2.05) is 36.4 Å². The number of para-hydroxylation sites is 1. The van der Waals surface area contributed by atoms with Crippen LogP contribution in [0.25, 0.3) is 11.3 Å². The molecule has 0 amide bonds. The van der Waals surface area contributed by atoms with E-state index in [1.165, 1.54) is 5.56 Å². The van der Waals surface area contributed by atoms with Crippen LogP contribution in [-0.2, 0) is 0 Å². The quantitative estimate of drug-likeness (QED) is 0.534. The fraction of sp³-hybridized carbons (Fsp3) is 0.125. The van der Waals surface area contributed by atoms with Crippen molar-refractivity contribution in [2.75, 3.05) is 5.01 Å². The molecule has 5 heteroatoms. The van der Waals surface area contributed by atoms with Crippen LogP contribution in [0.5, 0.6) is 0 Å². The number of hydrazone groups is 1. The van der Waals surface area contributed by atoms with Gasteiger partial charge in [0.05, 0.1) is 11.4 Å². The maximum Gasteiger partial charge on any atom is 0.118 e. The molecule has 1 aliphatic rings. The molecule has 0 saturated carbocycles. The van der Waals surface area contributed by atoms with Crippen LogP contribution in [0.4, 0.5) is 5.69 Å². The molecule has 1 aliphatic heterocycles. The number of nitrogens with one attached hydrogen (secondary N) is 1. The van der Waals surface area contributed by atoms with Crippen LogP contribution >= 0.6 is 0 Å². The van der Waals surface area contributed by atoms with Gasteiger partial charge in [-0.1, -0.05) is 78.4 Å². The number of aryl methyl sites for hydroxylation is 1. The summed E-state index contributed by atoms with van der Waals surface area (Å²) in [4.78, 5) is 0. The van der Waals surface area contributed by atoms with Gasteiger partial charge < -0.3 is 0 Å². The zero-order valence-corrected chi connectivity index (χ0v) is 16.2. The summed E-state index contributed by atoms with van der Waals surface area (Å²) in [7, 11) is 0. The Morgan fingerprint density at radius 2 is 1.48 bits per heavy atom. The Morgan fingerprint density at radius 1 is 0.793 bits per heavy atom. The molecule has 1 unspecified atom stereocenters. The standard InChI is InChI=1S/C24H21N5/c1-17-12-14-18(15-13-17)21-16-22(29(27-21)20-10-6-3-7-11-20)24-23(25-28-26-24)19-8-4-2-5-9-19/h2-15,22H,16H2,1H3,(H,25,26,28). The topological polar surface area (TPSA) is 57.2 Å². The van der Waals surface area contributed by atoms with Crippen LogP contribution in [0, 0.1) is 6.92 Å². The van der Waals surface area contributed by atoms with Gasteiger partial charge in [0, 0.05) is 12.0 Å². The zero-order valence-electron chi connectivity index (χ0n) is 16.2. The third-order valence-electron chi connectivity index (χ3n) is 5.25. The lowest BCUT2D eigenvalue weighted by molar-refractivity contribution is 0.683. The Labute approximate surface area is 169 Å². The van der Waals surface area contributed by atoms with Crippen LogP contribution < -0.4 is 5.01 Å². The van der Waals surface area contributed by atoms with E-state index in [-0.39, 0.29) is 6.04 Å². The van der Waals surface area contributed by atoms with Gasteiger partial charge in [0.2, 0.25) is 0 Å². The Morgan fingerprint density at radius 3 is 2.21 bits per heavy atom. The first-order valence-corrected chi connectivity index (χ1v) is 9.74. The molecule has 4 aromatic rings. The summed E-state index contributed by atoms with van der Waals surface area (Å²) in [5.41, 5.74) is 7.31. The summed E-state index contributed by atoms with van der Waals surface area (Å²) in [5, 5.41) is 18.9. The van der Waals surface area contributed by atoms with Gasteiger partial charge in [0.25, 0.3) is 0 Å². The molecule has 0 saturated heterocycles. The number of hydrogen-bond donors (Lipinski definition) is 1. The van der Waals surface area contributed by atoms with Crippen molar-refractivity contribution in [1.29, 1.82) is 0 Å². The van der Waals surface area contributed by atoms with Gasteiger partial charge >= 0.3 is 0 Å². The highest BCUT2D eigenvalue weighted by Gasteiger charge is 2.34. The first-order chi connectivity index (χ1) is 14.3. The first kappa shape index (κ1) is 17.4. The van der Waals surface area contributed by atoms with E-state index in [9.17, 15) is 0 Å². The number of aromatic amines is 1. The monoisotopic (exact) mass is 379 g/mol. The second-order valence-corrected chi connectivity index (χ2v) is 7.24. The molecule has 0 radical (unpaired) electrons. The minimum Gasteiger partial charge on any atom is -0.256 e. The molecule has 5 rings (SSSR count). The van der Waals surface area contributed by atoms with Crippen LogP contribution in [0.3, 0.4) is 0 Å². The maximum atomic E-state index is 5.00. The minimum atomic E-state index is -0.0253. The zero-order chi connectivity index (χ0) is 19.6. The van der Waals surface area contributed by atoms with E-state index < -0.39 is 0 Å². The Hall–Kier alpha value is -3.73. The van der Waals surface area contributed by atoms with Crippen LogP contribution in [0.1, 0.15) is 29.3 Å². The van der Waals surface area contributed by atoms with E-state index in [1.54, 1.807) is 0 Å². The molecule has 1 N–H and O–H groups in total. The summed E-state index contributed by atoms with van der Waals surface area (Å²) in [5.74, 6) is 0. The van der Waals surface area contributed by atoms with Crippen molar-refractivity contribution >= 4 is 11.4 Å². The van der Waals surface area contributed by atoms with Crippen LogP contribution in [0.2, 0.25) is 0 Å². The van der Waals surface area contributed by atoms with Gasteiger partial charge in [-0.15, -0.1) is 0 Å². The van der Waals surface area contributed by atoms with Crippen molar-refractivity contribution < 1.29 is 0 Å². The van der Waals surface area contributed by atoms with Crippen molar-refractivity contribution in [1.82, 2.24) is 15.4 Å². The van der Waals surface area contributed by atoms with Crippen molar-refractivity contribution in [2.45, 2.75) is 19.4 Å². The van der Waals surface area contributed by atoms with Gasteiger partial charge in [-0.25, -0.2) is 0 Å². The highest BCUT2D eigenvalue weighted by Crippen LogP contribution is 2.38. The average Bonchev–Trinajstić information content (AvgIpc) is 3.43. The molecule has 0 spiro atoms. The van der Waals surface area contributed by atoms with E-state index >= 15 is 0 Å². The number of aromatic nitrogens is 3. The average molecular weight is 379 g/mol. The Balaban J connectivity index is 1.58. The SMILES string of the molecule is Cc1ccc(C2=NN(c3ccccc3)C(c3n[nH]nc3-c3ccccc3)C2)cc1. The summed E-state index contributed by atoms with van der Waals surface area (Å²) in [6, 6.07) is 28.9. The van der Waals surface area contributed by atoms with E-state index in [0.29, 0.717) is 0 Å². The number of anilines is 1. The van der Waals surface area contributed by atoms with Crippen molar-refractivity contribution in [3.05, 3.63) is 102 Å². The molecule has 2 heterocycles. The van der Waals surface area contributed by atoms with E-state index in [4.69, 9.17) is 5.10 Å². The number of hydrogen-bond acceptors (Lipinski definition) is 4. The van der Waals surface area contributed by atoms with Crippen LogP contribution in [0.15, 0.2) is 90.0 Å². The Kier molecular flexibility index (Phi) is 4.41. The van der Waals surface area contributed by atoms with Gasteiger partial charge in [-0.2, -0.15) is 20.5 Å². The minimum absolute atomic E-state index is 0.0253. The highest BCUT2D eigenvalue weighted by atomic mass is 15.5. The van der Waals surface area contributed by atoms with Crippen LogP contribution in [-0.4, -0.2) is 21.1 Å². The second kappa shape index (κ2) is 7.36. The third kappa shape index (κ3) is 3.31. The molecule has 0 aliphatic carbocycles. The molecule has 0 fully saturated rings. The molecule has 3 aromatic carbocycles. The number of H-pyrrole nitrogens is 1. The fourth-order valence-electron chi connectivity index (χ4n) is 3.74. The van der Waals surface area contributed by atoms with E-state index in [2.05, 4.69) is 75.9 Å². The summed E-state index contributed by atoms with van der Waals surface area (Å²) in [6.07, 6.45) is 0.768. The number of rotatable bonds is 4. The summed E-state index contributed by atoms with van der Waals surface area (Å²) < 4.78 is 0. The first-order valence-electron chi connectivity index (χ1n) is 9.74. The summed E-state index contributed by atoms with van der Waals surface area (Å²) >= 11 is 0. The fourth-order valence-corrected chi connectivity index (χ4v) is 3.74. The molecular formula is C24H21N5. The van der Waals surface area contributed by atoms with Crippen molar-refractivity contribution in [3.8, 4) is 11.3 Å². The van der Waals surface area contributed by atoms with Crippen molar-refractivity contribution in [2.24, 2.45) is 5.10 Å². The lowest BCUT2D eigenvalue weighted by Crippen LogP contribution is -2.19. The van der Waals surface area contributed by atoms with Gasteiger partial charge in [-0.05, 0) is 24.6 Å². The molecular weight excluding hydrogens is 358 g/mol. The molecule has 29 heavy (non-hydrogen) atoms. The molecule has 5 nitrogen and oxygen atoms in total. The molecule has 1 atom stereocenters. The summed E-state index contributed by atoms with van der Waals surface area (Å²) in [6.45, 7) is 2.10. The molecule has 142 valence electrons. The lowest BCUT2D eigenvalue weighted by Gasteiger charge is -2.22. The smallest absolute Gasteiger partial charge is 0.118 e. The Bertz CT molecular complexity index is 1130. The lowest BCUT2D eigenvalue weighted by atomic mass is 9.98. The predicted molar refractivity (Wildman–Crippen MR) is 116 cm³/mol. The second-order valence-electron chi connectivity index (χ2n) is 7.24. The van der Waals surface area contributed by atoms with Gasteiger partial charge in [-0.3, -0.25) is 5.01 Å². The maximum absolute atomic E-state index is 5.00. The third-order valence-corrected chi connectivity index (χ3v) is 5.25. The highest BCUT2D eigenvalue weighted by molar-refractivity contribution is 6.03. The van der Waals surface area contributed by atoms with Gasteiger partial charge in [0.1, 0.15) is 17.4 Å². The number of benzene rings is 3. The molecule has 1 aromatic heterocycles. The number of nitrogens with zero attached hydrogens (tertiary/aromatic N) is 4. The molecule has 0 bridgehead atoms.